The molecule has 1 amide bonds. The maximum absolute atomic E-state index is 11.7. The molecule has 0 radical (unpaired) electrons. The van der Waals surface area contributed by atoms with Crippen molar-refractivity contribution < 1.29 is 14.6 Å². The number of carbonyl (C=O) groups excluding carboxylic acids is 1. The predicted molar refractivity (Wildman–Crippen MR) is 120 cm³/mol. The Labute approximate surface area is 182 Å². The van der Waals surface area contributed by atoms with Crippen LogP contribution in [0, 0.1) is 11.3 Å². The van der Waals surface area contributed by atoms with E-state index in [9.17, 15) is 9.90 Å². The maximum Gasteiger partial charge on any atom is 0.220 e. The summed E-state index contributed by atoms with van der Waals surface area (Å²) in [6.45, 7) is 6.24. The molecule has 3 atom stereocenters. The largest absolute Gasteiger partial charge is 0.488 e. The van der Waals surface area contributed by atoms with Crippen LogP contribution in [0.25, 0.3) is 11.0 Å². The zero-order chi connectivity index (χ0) is 22.2. The minimum Gasteiger partial charge on any atom is -0.488 e. The number of imidazole rings is 1. The Morgan fingerprint density at radius 3 is 2.84 bits per heavy atom. The van der Waals surface area contributed by atoms with Gasteiger partial charge in [0.25, 0.3) is 0 Å². The first-order valence-corrected chi connectivity index (χ1v) is 10.9. The number of carbonyl (C=O) groups is 1. The second-order valence-corrected chi connectivity index (χ2v) is 9.30. The minimum atomic E-state index is -0.602. The number of amides is 1. The fraction of sp³-hybridized carbons (Fsp3) is 0.565. The van der Waals surface area contributed by atoms with Gasteiger partial charge in [-0.2, -0.15) is 0 Å². The Balaban J connectivity index is 1.70. The predicted octanol–water partition coefficient (Wildman–Crippen LogP) is 2.85. The van der Waals surface area contributed by atoms with E-state index in [1.54, 1.807) is 6.21 Å². The number of fused-ring (bicyclic) bond motifs is 1. The third kappa shape index (κ3) is 4.63. The van der Waals surface area contributed by atoms with Crippen molar-refractivity contribution in [2.45, 2.75) is 63.6 Å². The molecule has 8 heteroatoms. The van der Waals surface area contributed by atoms with Crippen LogP contribution in [0.1, 0.15) is 57.6 Å². The number of nitrogens with zero attached hydrogens (tertiary/aromatic N) is 3. The van der Waals surface area contributed by atoms with Gasteiger partial charge in [-0.3, -0.25) is 9.79 Å². The van der Waals surface area contributed by atoms with Crippen LogP contribution in [-0.4, -0.2) is 57.8 Å². The highest BCUT2D eigenvalue weighted by Crippen LogP contribution is 2.41. The number of hydrogen-bond donors (Lipinski definition) is 3. The van der Waals surface area contributed by atoms with Crippen LogP contribution < -0.4 is 10.1 Å². The third-order valence-corrected chi connectivity index (χ3v) is 6.12. The fourth-order valence-electron chi connectivity index (χ4n) is 3.87. The molecule has 2 fully saturated rings. The summed E-state index contributed by atoms with van der Waals surface area (Å²) in [6.07, 6.45) is 7.51. The average Bonchev–Trinajstić information content (AvgIpc) is 3.34. The van der Waals surface area contributed by atoms with Crippen molar-refractivity contribution in [2.24, 2.45) is 10.9 Å². The molecular formula is C23H31N5O3. The van der Waals surface area contributed by atoms with E-state index in [1.807, 2.05) is 39.2 Å². The fourth-order valence-corrected chi connectivity index (χ4v) is 3.87. The van der Waals surface area contributed by atoms with Crippen LogP contribution in [-0.2, 0) is 4.79 Å². The van der Waals surface area contributed by atoms with Crippen molar-refractivity contribution in [1.82, 2.24) is 14.9 Å². The zero-order valence-corrected chi connectivity index (χ0v) is 18.3. The number of aromatic nitrogens is 2. The topological polar surface area (TPSA) is 113 Å². The number of nitrogens with one attached hydrogen (secondary N) is 2. The number of aliphatic hydroxyl groups excluding tert-OH is 1. The van der Waals surface area contributed by atoms with Gasteiger partial charge in [0.1, 0.15) is 17.4 Å². The van der Waals surface area contributed by atoms with Crippen molar-refractivity contribution in [1.29, 1.82) is 5.41 Å². The zero-order valence-electron chi connectivity index (χ0n) is 18.3. The number of aliphatic imine (C=N–C) groups is 1. The molecule has 3 unspecified atom stereocenters. The van der Waals surface area contributed by atoms with E-state index in [0.29, 0.717) is 19.0 Å². The molecule has 3 N–H and O–H groups in total. The lowest BCUT2D eigenvalue weighted by atomic mass is 9.99. The normalized spacial score (nSPS) is 21.4. The monoisotopic (exact) mass is 425 g/mol. The van der Waals surface area contributed by atoms with Gasteiger partial charge in [0.15, 0.2) is 0 Å². The van der Waals surface area contributed by atoms with E-state index < -0.39 is 5.54 Å². The molecule has 1 aliphatic carbocycles. The molecule has 2 aromatic rings. The molecule has 31 heavy (non-hydrogen) atoms. The average molecular weight is 426 g/mol. The van der Waals surface area contributed by atoms with E-state index >= 15 is 0 Å². The van der Waals surface area contributed by atoms with Gasteiger partial charge in [-0.05, 0) is 51.3 Å². The SMILES string of the molecule is CC(Oc1cc(C(C=N)C=NC(C)(C)CO)cc2ncn(C3CC3)c12)C1CNC(=O)C1. The lowest BCUT2D eigenvalue weighted by Crippen LogP contribution is -2.26. The molecule has 2 aliphatic rings. The van der Waals surface area contributed by atoms with Crippen molar-refractivity contribution in [2.75, 3.05) is 13.2 Å². The van der Waals surface area contributed by atoms with E-state index in [2.05, 4.69) is 19.9 Å². The van der Waals surface area contributed by atoms with Crippen LogP contribution in [0.4, 0.5) is 0 Å². The second-order valence-electron chi connectivity index (χ2n) is 9.30. The van der Waals surface area contributed by atoms with Gasteiger partial charge in [0, 0.05) is 37.4 Å². The Bertz CT molecular complexity index is 1010. The summed E-state index contributed by atoms with van der Waals surface area (Å²) >= 11 is 0. The summed E-state index contributed by atoms with van der Waals surface area (Å²) in [5, 5.41) is 20.3. The lowest BCUT2D eigenvalue weighted by molar-refractivity contribution is -0.119. The molecule has 1 aromatic carbocycles. The quantitative estimate of drug-likeness (QED) is 0.536. The smallest absolute Gasteiger partial charge is 0.220 e. The Morgan fingerprint density at radius 1 is 1.45 bits per heavy atom. The van der Waals surface area contributed by atoms with Crippen molar-refractivity contribution in [3.8, 4) is 5.75 Å². The van der Waals surface area contributed by atoms with Gasteiger partial charge in [0.2, 0.25) is 5.91 Å². The first-order chi connectivity index (χ1) is 14.8. The van der Waals surface area contributed by atoms with E-state index in [4.69, 9.17) is 10.1 Å². The number of hydrogen-bond acceptors (Lipinski definition) is 6. The Morgan fingerprint density at radius 2 is 2.23 bits per heavy atom. The van der Waals surface area contributed by atoms with Gasteiger partial charge < -0.3 is 25.1 Å². The molecule has 2 heterocycles. The standard InChI is InChI=1S/C23H31N5O3/c1-14(16-8-21(30)25-10-16)31-20-7-15(17(9-24)11-27-23(2,3)12-29)6-19-22(20)28(13-26-19)18-4-5-18/h6-7,9,11,13-14,16-18,24,29H,4-5,8,10,12H2,1-3H3,(H,25,30). The van der Waals surface area contributed by atoms with Gasteiger partial charge in [-0.1, -0.05) is 0 Å². The molecule has 0 bridgehead atoms. The molecule has 1 saturated heterocycles. The summed E-state index contributed by atoms with van der Waals surface area (Å²) < 4.78 is 8.61. The highest BCUT2D eigenvalue weighted by Gasteiger charge is 2.31. The highest BCUT2D eigenvalue weighted by molar-refractivity contribution is 5.92. The number of benzene rings is 1. The maximum atomic E-state index is 11.7. The molecule has 166 valence electrons. The molecule has 1 saturated carbocycles. The second kappa shape index (κ2) is 8.42. The molecule has 0 spiro atoms. The van der Waals surface area contributed by atoms with Gasteiger partial charge in [-0.15, -0.1) is 0 Å². The molecule has 1 aliphatic heterocycles. The molecular weight excluding hydrogens is 394 g/mol. The Kier molecular flexibility index (Phi) is 5.83. The van der Waals surface area contributed by atoms with Gasteiger partial charge in [0.05, 0.1) is 29.9 Å². The van der Waals surface area contributed by atoms with Crippen LogP contribution in [0.3, 0.4) is 0 Å². The van der Waals surface area contributed by atoms with Crippen LogP contribution >= 0.6 is 0 Å². The van der Waals surface area contributed by atoms with Gasteiger partial charge in [-0.25, -0.2) is 4.98 Å². The van der Waals surface area contributed by atoms with Crippen LogP contribution in [0.15, 0.2) is 23.5 Å². The van der Waals surface area contributed by atoms with Crippen molar-refractivity contribution in [3.05, 3.63) is 24.0 Å². The van der Waals surface area contributed by atoms with Gasteiger partial charge >= 0.3 is 0 Å². The van der Waals surface area contributed by atoms with E-state index in [1.165, 1.54) is 6.21 Å². The third-order valence-electron chi connectivity index (χ3n) is 6.12. The Hall–Kier alpha value is -2.74. The summed E-state index contributed by atoms with van der Waals surface area (Å²) in [7, 11) is 0. The van der Waals surface area contributed by atoms with Crippen molar-refractivity contribution >= 4 is 29.4 Å². The van der Waals surface area contributed by atoms with E-state index in [0.717, 1.165) is 35.2 Å². The van der Waals surface area contributed by atoms with Crippen LogP contribution in [0.2, 0.25) is 0 Å². The first kappa shape index (κ1) is 21.5. The summed E-state index contributed by atoms with van der Waals surface area (Å²) in [4.78, 5) is 20.7. The molecule has 4 rings (SSSR count). The van der Waals surface area contributed by atoms with E-state index in [-0.39, 0.29) is 30.5 Å². The minimum absolute atomic E-state index is 0.0638. The van der Waals surface area contributed by atoms with Crippen molar-refractivity contribution in [3.63, 3.8) is 0 Å². The highest BCUT2D eigenvalue weighted by atomic mass is 16.5. The summed E-state index contributed by atoms with van der Waals surface area (Å²) in [6, 6.07) is 4.41. The molecule has 8 nitrogen and oxygen atoms in total. The van der Waals surface area contributed by atoms with Crippen LogP contribution in [0.5, 0.6) is 5.75 Å². The first-order valence-electron chi connectivity index (χ1n) is 10.9. The molecule has 1 aromatic heterocycles. The summed E-state index contributed by atoms with van der Waals surface area (Å²) in [5.74, 6) is 0.557. The lowest BCUT2D eigenvalue weighted by Gasteiger charge is -2.22. The number of rotatable bonds is 9. The summed E-state index contributed by atoms with van der Waals surface area (Å²) in [5.41, 5.74) is 2.05. The number of aliphatic hydroxyl groups is 1. The number of ether oxygens (including phenoxy) is 1.